The highest BCUT2D eigenvalue weighted by Gasteiger charge is 2.47. The van der Waals surface area contributed by atoms with Gasteiger partial charge in [-0.3, -0.25) is 9.69 Å². The SMILES string of the molecule is Cc1ccc(CN2CC3(CCN(C(=O)c4cccc(C)c4C)CC3)OC2=O)cc1. The van der Waals surface area contributed by atoms with E-state index >= 15 is 0 Å². The molecule has 0 saturated carbocycles. The van der Waals surface area contributed by atoms with E-state index in [0.717, 1.165) is 22.3 Å². The lowest BCUT2D eigenvalue weighted by atomic mass is 9.90. The second-order valence-electron chi connectivity index (χ2n) is 8.43. The van der Waals surface area contributed by atoms with Crippen LogP contribution >= 0.6 is 0 Å². The zero-order chi connectivity index (χ0) is 20.6. The summed E-state index contributed by atoms with van der Waals surface area (Å²) >= 11 is 0. The third-order valence-corrected chi connectivity index (χ3v) is 6.33. The lowest BCUT2D eigenvalue weighted by Crippen LogP contribution is -2.48. The molecule has 29 heavy (non-hydrogen) atoms. The van der Waals surface area contributed by atoms with Gasteiger partial charge in [0.2, 0.25) is 0 Å². The minimum atomic E-state index is -0.472. The van der Waals surface area contributed by atoms with Crippen LogP contribution in [0.25, 0.3) is 0 Å². The van der Waals surface area contributed by atoms with Gasteiger partial charge in [-0.1, -0.05) is 42.0 Å². The Kier molecular flexibility index (Phi) is 5.07. The number of amides is 2. The van der Waals surface area contributed by atoms with Crippen molar-refractivity contribution in [1.82, 2.24) is 9.80 Å². The number of ether oxygens (including phenoxy) is 1. The summed E-state index contributed by atoms with van der Waals surface area (Å²) in [5, 5.41) is 0. The Bertz CT molecular complexity index is 928. The molecule has 4 rings (SSSR count). The summed E-state index contributed by atoms with van der Waals surface area (Å²) < 4.78 is 5.82. The summed E-state index contributed by atoms with van der Waals surface area (Å²) in [7, 11) is 0. The molecule has 2 fully saturated rings. The molecular weight excluding hydrogens is 364 g/mol. The van der Waals surface area contributed by atoms with Crippen molar-refractivity contribution in [2.45, 2.75) is 45.8 Å². The zero-order valence-corrected chi connectivity index (χ0v) is 17.4. The lowest BCUT2D eigenvalue weighted by molar-refractivity contribution is 0.00311. The number of hydrogen-bond acceptors (Lipinski definition) is 3. The van der Waals surface area contributed by atoms with E-state index in [4.69, 9.17) is 4.74 Å². The number of hydrogen-bond donors (Lipinski definition) is 0. The number of rotatable bonds is 3. The molecule has 1 spiro atoms. The molecular formula is C24H28N2O3. The van der Waals surface area contributed by atoms with Gasteiger partial charge in [-0.15, -0.1) is 0 Å². The van der Waals surface area contributed by atoms with Crippen molar-refractivity contribution in [2.75, 3.05) is 19.6 Å². The van der Waals surface area contributed by atoms with E-state index in [1.807, 2.05) is 36.9 Å². The Labute approximate surface area is 172 Å². The van der Waals surface area contributed by atoms with Crippen LogP contribution < -0.4 is 0 Å². The van der Waals surface area contributed by atoms with Crippen LogP contribution in [0.4, 0.5) is 4.79 Å². The lowest BCUT2D eigenvalue weighted by Gasteiger charge is -2.37. The molecule has 2 heterocycles. The first-order valence-corrected chi connectivity index (χ1v) is 10.3. The highest BCUT2D eigenvalue weighted by Crippen LogP contribution is 2.34. The number of carbonyl (C=O) groups is 2. The van der Waals surface area contributed by atoms with E-state index in [1.54, 1.807) is 4.90 Å². The highest BCUT2D eigenvalue weighted by molar-refractivity contribution is 5.96. The Morgan fingerprint density at radius 1 is 1.03 bits per heavy atom. The fourth-order valence-electron chi connectivity index (χ4n) is 4.26. The Morgan fingerprint density at radius 3 is 2.41 bits per heavy atom. The summed E-state index contributed by atoms with van der Waals surface area (Å²) in [6, 6.07) is 14.1. The molecule has 5 heteroatoms. The summed E-state index contributed by atoms with van der Waals surface area (Å²) in [5.41, 5.74) is 4.77. The summed E-state index contributed by atoms with van der Waals surface area (Å²) in [4.78, 5) is 29.1. The Hall–Kier alpha value is -2.82. The zero-order valence-electron chi connectivity index (χ0n) is 17.4. The maximum absolute atomic E-state index is 13.0. The van der Waals surface area contributed by atoms with Gasteiger partial charge in [-0.2, -0.15) is 0 Å². The molecule has 0 radical (unpaired) electrons. The number of aryl methyl sites for hydroxylation is 2. The first-order valence-electron chi connectivity index (χ1n) is 10.3. The molecule has 2 aliphatic heterocycles. The largest absolute Gasteiger partial charge is 0.441 e. The van der Waals surface area contributed by atoms with Crippen molar-refractivity contribution < 1.29 is 14.3 Å². The minimum Gasteiger partial charge on any atom is -0.441 e. The molecule has 2 amide bonds. The normalized spacial score (nSPS) is 18.2. The van der Waals surface area contributed by atoms with E-state index in [2.05, 4.69) is 31.2 Å². The van der Waals surface area contributed by atoms with Crippen molar-refractivity contribution in [3.05, 3.63) is 70.3 Å². The van der Waals surface area contributed by atoms with Crippen LogP contribution in [0.3, 0.4) is 0 Å². The molecule has 152 valence electrons. The molecule has 0 bridgehead atoms. The Morgan fingerprint density at radius 2 is 1.72 bits per heavy atom. The number of nitrogens with zero attached hydrogens (tertiary/aromatic N) is 2. The first kappa shape index (κ1) is 19.5. The topological polar surface area (TPSA) is 49.9 Å². The molecule has 2 aromatic rings. The van der Waals surface area contributed by atoms with Crippen LogP contribution in [-0.4, -0.2) is 47.0 Å². The fraction of sp³-hybridized carbons (Fsp3) is 0.417. The van der Waals surface area contributed by atoms with Gasteiger partial charge in [-0.05, 0) is 43.5 Å². The van der Waals surface area contributed by atoms with Crippen LogP contribution in [0.5, 0.6) is 0 Å². The molecule has 0 aromatic heterocycles. The van der Waals surface area contributed by atoms with E-state index in [1.165, 1.54) is 5.56 Å². The van der Waals surface area contributed by atoms with Crippen LogP contribution in [-0.2, 0) is 11.3 Å². The average molecular weight is 392 g/mol. The average Bonchev–Trinajstić information content (AvgIpc) is 3.00. The molecule has 0 N–H and O–H groups in total. The van der Waals surface area contributed by atoms with Crippen LogP contribution in [0.1, 0.15) is 45.5 Å². The van der Waals surface area contributed by atoms with Gasteiger partial charge in [0.15, 0.2) is 0 Å². The van der Waals surface area contributed by atoms with Crippen molar-refractivity contribution in [3.8, 4) is 0 Å². The third kappa shape index (κ3) is 3.86. The van der Waals surface area contributed by atoms with Crippen molar-refractivity contribution >= 4 is 12.0 Å². The molecule has 5 nitrogen and oxygen atoms in total. The second-order valence-corrected chi connectivity index (χ2v) is 8.43. The molecule has 2 aromatic carbocycles. The highest BCUT2D eigenvalue weighted by atomic mass is 16.6. The van der Waals surface area contributed by atoms with E-state index in [-0.39, 0.29) is 12.0 Å². The maximum Gasteiger partial charge on any atom is 0.410 e. The molecule has 0 unspecified atom stereocenters. The maximum atomic E-state index is 13.0. The second kappa shape index (κ2) is 7.54. The van der Waals surface area contributed by atoms with Crippen LogP contribution in [0.15, 0.2) is 42.5 Å². The number of likely N-dealkylation sites (tertiary alicyclic amines) is 1. The first-order chi connectivity index (χ1) is 13.9. The van der Waals surface area contributed by atoms with E-state index in [0.29, 0.717) is 39.0 Å². The van der Waals surface area contributed by atoms with Gasteiger partial charge in [-0.25, -0.2) is 4.79 Å². The standard InChI is InChI=1S/C24H28N2O3/c1-17-7-9-20(10-8-17)15-26-16-24(29-23(26)28)11-13-25(14-12-24)22(27)21-6-4-5-18(2)19(21)3/h4-10H,11-16H2,1-3H3. The van der Waals surface area contributed by atoms with Gasteiger partial charge in [0.25, 0.3) is 5.91 Å². The van der Waals surface area contributed by atoms with Gasteiger partial charge in [0, 0.05) is 38.0 Å². The molecule has 0 aliphatic carbocycles. The number of piperidine rings is 1. The molecule has 2 saturated heterocycles. The fourth-order valence-corrected chi connectivity index (χ4v) is 4.26. The molecule has 0 atom stereocenters. The predicted molar refractivity (Wildman–Crippen MR) is 112 cm³/mol. The van der Waals surface area contributed by atoms with E-state index in [9.17, 15) is 9.59 Å². The Balaban J connectivity index is 1.40. The van der Waals surface area contributed by atoms with Gasteiger partial charge >= 0.3 is 6.09 Å². The number of carbonyl (C=O) groups excluding carboxylic acids is 2. The van der Waals surface area contributed by atoms with Crippen LogP contribution in [0, 0.1) is 20.8 Å². The van der Waals surface area contributed by atoms with Crippen LogP contribution in [0.2, 0.25) is 0 Å². The molecule has 2 aliphatic rings. The minimum absolute atomic E-state index is 0.0712. The third-order valence-electron chi connectivity index (χ3n) is 6.33. The summed E-state index contributed by atoms with van der Waals surface area (Å²) in [5.74, 6) is 0.0712. The summed E-state index contributed by atoms with van der Waals surface area (Å²) in [6.07, 6.45) is 1.11. The van der Waals surface area contributed by atoms with E-state index < -0.39 is 5.60 Å². The van der Waals surface area contributed by atoms with Crippen molar-refractivity contribution in [1.29, 1.82) is 0 Å². The van der Waals surface area contributed by atoms with Gasteiger partial charge in [0.1, 0.15) is 5.60 Å². The monoisotopic (exact) mass is 392 g/mol. The smallest absolute Gasteiger partial charge is 0.410 e. The van der Waals surface area contributed by atoms with Gasteiger partial charge < -0.3 is 9.64 Å². The van der Waals surface area contributed by atoms with Crippen molar-refractivity contribution in [2.24, 2.45) is 0 Å². The van der Waals surface area contributed by atoms with Gasteiger partial charge in [0.05, 0.1) is 6.54 Å². The predicted octanol–water partition coefficient (Wildman–Crippen LogP) is 4.24. The number of benzene rings is 2. The summed E-state index contributed by atoms with van der Waals surface area (Å²) in [6.45, 7) is 8.44. The quantitative estimate of drug-likeness (QED) is 0.785. The van der Waals surface area contributed by atoms with Crippen molar-refractivity contribution in [3.63, 3.8) is 0 Å².